The molecular weight excluding hydrogens is 576 g/mol. The topological polar surface area (TPSA) is 144 Å². The number of carbonyl (C=O) groups is 1. The number of rotatable bonds is 7. The zero-order chi connectivity index (χ0) is 29.6. The molecule has 1 saturated carbocycles. The van der Waals surface area contributed by atoms with E-state index < -0.39 is 20.6 Å². The quantitative estimate of drug-likeness (QED) is 0.314. The highest BCUT2D eigenvalue weighted by atomic mass is 32.2. The van der Waals surface area contributed by atoms with Gasteiger partial charge in [-0.2, -0.15) is 5.10 Å². The summed E-state index contributed by atoms with van der Waals surface area (Å²) in [7, 11) is -2.00. The Morgan fingerprint density at radius 1 is 1.10 bits per heavy atom. The molecule has 1 atom stereocenters. The molecule has 14 heteroatoms. The van der Waals surface area contributed by atoms with E-state index in [9.17, 15) is 13.2 Å². The molecule has 2 aliphatic rings. The third kappa shape index (κ3) is 5.25. The lowest BCUT2D eigenvalue weighted by atomic mass is 10.1. The Morgan fingerprint density at radius 3 is 2.45 bits per heavy atom. The number of urea groups is 1. The number of hydrogen-bond acceptors (Lipinski definition) is 10. The van der Waals surface area contributed by atoms with Crippen LogP contribution in [0.4, 0.5) is 22.0 Å². The molecule has 4 aromatic rings. The van der Waals surface area contributed by atoms with E-state index in [0.717, 1.165) is 10.6 Å². The van der Waals surface area contributed by atoms with Gasteiger partial charge in [0.05, 0.1) is 42.5 Å². The Balaban J connectivity index is 1.34. The molecule has 1 aromatic carbocycles. The van der Waals surface area contributed by atoms with E-state index in [1.54, 1.807) is 36.3 Å². The number of anilines is 3. The number of nitrogens with zero attached hydrogens (tertiary/aromatic N) is 6. The number of aryl methyl sites for hydroxylation is 3. The highest BCUT2D eigenvalue weighted by Crippen LogP contribution is 2.55. The van der Waals surface area contributed by atoms with Crippen LogP contribution in [0.25, 0.3) is 11.4 Å². The van der Waals surface area contributed by atoms with Gasteiger partial charge in [0.1, 0.15) is 10.6 Å². The Kier molecular flexibility index (Phi) is 7.23. The second kappa shape index (κ2) is 10.7. The van der Waals surface area contributed by atoms with E-state index in [0.29, 0.717) is 66.9 Å². The van der Waals surface area contributed by atoms with Crippen molar-refractivity contribution in [1.82, 2.24) is 24.7 Å². The highest BCUT2D eigenvalue weighted by Gasteiger charge is 2.59. The third-order valence-corrected chi connectivity index (χ3v) is 11.6. The van der Waals surface area contributed by atoms with Gasteiger partial charge in [0.15, 0.2) is 5.82 Å². The molecule has 42 heavy (non-hydrogen) atoms. The van der Waals surface area contributed by atoms with E-state index in [4.69, 9.17) is 14.7 Å². The average Bonchev–Trinajstić information content (AvgIpc) is 3.59. The average molecular weight is 609 g/mol. The standard InChI is InChI=1S/C28H32N8O4S2/c1-17-16-40-12-11-36(17)24-13-23(28(9-10-28)42(38,39)27-30-18(2)19(3)41-27)33-25(34-24)20-5-7-21(8-6-20)31-26(37)32-22-14-29-35(4)15-22/h5-8,13-15,17H,9-12,16H2,1-4H3,(H2,31,32,37)/t17-/m0/s1. The number of aromatic nitrogens is 5. The maximum Gasteiger partial charge on any atom is 0.323 e. The van der Waals surface area contributed by atoms with Gasteiger partial charge in [0.2, 0.25) is 14.2 Å². The Bertz CT molecular complexity index is 1730. The molecule has 3 aromatic heterocycles. The maximum atomic E-state index is 14.0. The molecule has 1 aliphatic carbocycles. The van der Waals surface area contributed by atoms with Crippen molar-refractivity contribution in [1.29, 1.82) is 0 Å². The summed E-state index contributed by atoms with van der Waals surface area (Å²) in [5.74, 6) is 1.08. The molecule has 0 unspecified atom stereocenters. The van der Waals surface area contributed by atoms with Gasteiger partial charge in [-0.1, -0.05) is 0 Å². The summed E-state index contributed by atoms with van der Waals surface area (Å²) in [5, 5.41) is 9.58. The van der Waals surface area contributed by atoms with E-state index in [1.165, 1.54) is 11.3 Å². The van der Waals surface area contributed by atoms with Crippen LogP contribution in [0.3, 0.4) is 0 Å². The summed E-state index contributed by atoms with van der Waals surface area (Å²) in [4.78, 5) is 29.6. The Hall–Kier alpha value is -3.88. The number of sulfone groups is 1. The molecule has 2 N–H and O–H groups in total. The summed E-state index contributed by atoms with van der Waals surface area (Å²) in [6, 6.07) is 8.63. The number of ether oxygens (including phenoxy) is 1. The van der Waals surface area contributed by atoms with Gasteiger partial charge in [0, 0.05) is 42.0 Å². The van der Waals surface area contributed by atoms with Gasteiger partial charge in [-0.05, 0) is 57.9 Å². The first-order chi connectivity index (χ1) is 20.1. The zero-order valence-electron chi connectivity index (χ0n) is 23.8. The SMILES string of the molecule is Cc1nc(S(=O)(=O)C2(c3cc(N4CCOC[C@@H]4C)nc(-c4ccc(NC(=O)Nc5cnn(C)c5)cc4)n3)CC2)sc1C. The molecule has 6 rings (SSSR count). The van der Waals surface area contributed by atoms with Crippen molar-refractivity contribution in [2.75, 3.05) is 35.3 Å². The molecule has 0 bridgehead atoms. The van der Waals surface area contributed by atoms with E-state index in [1.807, 2.05) is 32.0 Å². The fraction of sp³-hybridized carbons (Fsp3) is 0.393. The summed E-state index contributed by atoms with van der Waals surface area (Å²) in [5.41, 5.74) is 3.06. The normalized spacial score (nSPS) is 18.1. The van der Waals surface area contributed by atoms with Crippen LogP contribution in [0, 0.1) is 13.8 Å². The van der Waals surface area contributed by atoms with Crippen molar-refractivity contribution in [2.45, 2.75) is 48.7 Å². The number of nitrogens with one attached hydrogen (secondary N) is 2. The van der Waals surface area contributed by atoms with Crippen LogP contribution in [0.1, 0.15) is 36.0 Å². The van der Waals surface area contributed by atoms with Crippen LogP contribution >= 0.6 is 11.3 Å². The van der Waals surface area contributed by atoms with Crippen LogP contribution in [0.2, 0.25) is 0 Å². The monoisotopic (exact) mass is 608 g/mol. The first kappa shape index (κ1) is 28.2. The van der Waals surface area contributed by atoms with Crippen LogP contribution in [-0.4, -0.2) is 65.0 Å². The third-order valence-electron chi connectivity index (χ3n) is 7.66. The van der Waals surface area contributed by atoms with Crippen LogP contribution < -0.4 is 15.5 Å². The Morgan fingerprint density at radius 2 is 1.83 bits per heavy atom. The molecule has 2 amide bonds. The number of amides is 2. The second-order valence-electron chi connectivity index (χ2n) is 10.7. The summed E-state index contributed by atoms with van der Waals surface area (Å²) >= 11 is 1.21. The lowest BCUT2D eigenvalue weighted by molar-refractivity contribution is 0.0985. The molecule has 0 radical (unpaired) electrons. The smallest absolute Gasteiger partial charge is 0.323 e. The number of thiazole rings is 1. The Labute approximate surface area is 248 Å². The van der Waals surface area contributed by atoms with Gasteiger partial charge in [0.25, 0.3) is 0 Å². The van der Waals surface area contributed by atoms with Gasteiger partial charge < -0.3 is 20.3 Å². The molecule has 1 aliphatic heterocycles. The van der Waals surface area contributed by atoms with Crippen molar-refractivity contribution < 1.29 is 17.9 Å². The predicted octanol–water partition coefficient (Wildman–Crippen LogP) is 4.28. The van der Waals surface area contributed by atoms with E-state index >= 15 is 0 Å². The maximum absolute atomic E-state index is 14.0. The first-order valence-electron chi connectivity index (χ1n) is 13.7. The molecule has 220 valence electrons. The molecular formula is C28H32N8O4S2. The number of carbonyl (C=O) groups excluding carboxylic acids is 1. The van der Waals surface area contributed by atoms with Crippen LogP contribution in [-0.2, 0) is 26.4 Å². The summed E-state index contributed by atoms with van der Waals surface area (Å²) in [6.07, 6.45) is 4.19. The first-order valence-corrected chi connectivity index (χ1v) is 16.0. The minimum atomic E-state index is -3.77. The fourth-order valence-corrected chi connectivity index (χ4v) is 8.54. The number of hydrogen-bond donors (Lipinski definition) is 2. The largest absolute Gasteiger partial charge is 0.377 e. The van der Waals surface area contributed by atoms with E-state index in [2.05, 4.69) is 32.5 Å². The van der Waals surface area contributed by atoms with E-state index in [-0.39, 0.29) is 10.4 Å². The molecule has 1 saturated heterocycles. The second-order valence-corrected chi connectivity index (χ2v) is 14.4. The molecule has 2 fully saturated rings. The van der Waals surface area contributed by atoms with Crippen LogP contribution in [0.15, 0.2) is 47.1 Å². The fourth-order valence-electron chi connectivity index (χ4n) is 4.99. The molecule has 4 heterocycles. The minimum absolute atomic E-state index is 0.0651. The molecule has 0 spiro atoms. The van der Waals surface area contributed by atoms with Crippen molar-refractivity contribution in [3.8, 4) is 11.4 Å². The number of benzene rings is 1. The van der Waals surface area contributed by atoms with Gasteiger partial charge in [-0.25, -0.2) is 28.2 Å². The molecule has 12 nitrogen and oxygen atoms in total. The van der Waals surface area contributed by atoms with Crippen molar-refractivity contribution in [3.63, 3.8) is 0 Å². The van der Waals surface area contributed by atoms with Gasteiger partial charge in [-0.15, -0.1) is 11.3 Å². The zero-order valence-corrected chi connectivity index (χ0v) is 25.4. The van der Waals surface area contributed by atoms with Gasteiger partial charge >= 0.3 is 6.03 Å². The highest BCUT2D eigenvalue weighted by molar-refractivity contribution is 7.94. The minimum Gasteiger partial charge on any atom is -0.377 e. The predicted molar refractivity (Wildman–Crippen MR) is 161 cm³/mol. The summed E-state index contributed by atoms with van der Waals surface area (Å²) < 4.78 is 34.2. The van der Waals surface area contributed by atoms with Crippen LogP contribution in [0.5, 0.6) is 0 Å². The van der Waals surface area contributed by atoms with Gasteiger partial charge in [-0.3, -0.25) is 4.68 Å². The lowest BCUT2D eigenvalue weighted by Crippen LogP contribution is -2.44. The number of morpholine rings is 1. The van der Waals surface area contributed by atoms with Crippen molar-refractivity contribution >= 4 is 44.4 Å². The van der Waals surface area contributed by atoms with Crippen molar-refractivity contribution in [2.24, 2.45) is 7.05 Å². The lowest BCUT2D eigenvalue weighted by Gasteiger charge is -2.34. The van der Waals surface area contributed by atoms with Crippen molar-refractivity contribution in [3.05, 3.63) is 59.0 Å². The summed E-state index contributed by atoms with van der Waals surface area (Å²) in [6.45, 7) is 7.51.